The second-order valence-electron chi connectivity index (χ2n) is 8.99. The molecule has 0 radical (unpaired) electrons. The molecule has 2 aromatic rings. The van der Waals surface area contributed by atoms with Gasteiger partial charge in [0.05, 0.1) is 16.7 Å². The lowest BCUT2D eigenvalue weighted by atomic mass is 9.74. The van der Waals surface area contributed by atoms with Gasteiger partial charge in [-0.3, -0.25) is 0 Å². The zero-order valence-electron chi connectivity index (χ0n) is 19.6. The maximum Gasteiger partial charge on any atom is 0.341 e. The van der Waals surface area contributed by atoms with Crippen molar-refractivity contribution in [3.05, 3.63) is 76.3 Å². The zero-order chi connectivity index (χ0) is 23.8. The van der Waals surface area contributed by atoms with Crippen LogP contribution in [0.4, 0.5) is 0 Å². The van der Waals surface area contributed by atoms with E-state index in [1.807, 2.05) is 18.2 Å². The molecular formula is C28H35BrO4. The summed E-state index contributed by atoms with van der Waals surface area (Å²) in [6.45, 7) is 8.18. The van der Waals surface area contributed by atoms with Crippen molar-refractivity contribution in [1.29, 1.82) is 0 Å². The summed E-state index contributed by atoms with van der Waals surface area (Å²) in [6, 6.07) is 16.4. The van der Waals surface area contributed by atoms with Gasteiger partial charge in [-0.25, -0.2) is 4.79 Å². The van der Waals surface area contributed by atoms with Crippen molar-refractivity contribution in [3.63, 3.8) is 0 Å². The molecule has 1 aliphatic rings. The molecule has 0 bridgehead atoms. The first kappa shape index (κ1) is 25.5. The molecule has 1 N–H and O–H groups in total. The first-order valence-electron chi connectivity index (χ1n) is 11.9. The van der Waals surface area contributed by atoms with E-state index in [0.717, 1.165) is 34.9 Å². The normalized spacial score (nSPS) is 22.6. The van der Waals surface area contributed by atoms with Crippen molar-refractivity contribution in [3.8, 4) is 5.75 Å². The molecule has 0 amide bonds. The van der Waals surface area contributed by atoms with Crippen molar-refractivity contribution in [1.82, 2.24) is 0 Å². The highest BCUT2D eigenvalue weighted by atomic mass is 79.9. The topological polar surface area (TPSA) is 55.8 Å². The SMILES string of the molecule is C=C(C)[C@H]1C[C@H](c2ccccc2)[C@H](CCCCCC)O[C@@H]1c1cccc(Br)c1OCC(=O)O. The Hall–Kier alpha value is -2.11. The van der Waals surface area contributed by atoms with E-state index in [2.05, 4.69) is 66.7 Å². The molecule has 0 aliphatic carbocycles. The van der Waals surface area contributed by atoms with Crippen molar-refractivity contribution in [2.45, 2.75) is 70.5 Å². The highest BCUT2D eigenvalue weighted by Crippen LogP contribution is 2.50. The van der Waals surface area contributed by atoms with Crippen LogP contribution >= 0.6 is 15.9 Å². The molecule has 1 heterocycles. The van der Waals surface area contributed by atoms with Gasteiger partial charge < -0.3 is 14.6 Å². The van der Waals surface area contributed by atoms with Crippen LogP contribution in [-0.2, 0) is 9.53 Å². The molecule has 178 valence electrons. The van der Waals surface area contributed by atoms with Crippen molar-refractivity contribution >= 4 is 21.9 Å². The summed E-state index contributed by atoms with van der Waals surface area (Å²) < 4.78 is 13.3. The minimum atomic E-state index is -1.00. The van der Waals surface area contributed by atoms with Gasteiger partial charge in [0.2, 0.25) is 0 Å². The van der Waals surface area contributed by atoms with E-state index in [1.165, 1.54) is 24.8 Å². The predicted octanol–water partition coefficient (Wildman–Crippen LogP) is 7.69. The molecule has 33 heavy (non-hydrogen) atoms. The molecule has 0 aromatic heterocycles. The van der Waals surface area contributed by atoms with Gasteiger partial charge in [0.1, 0.15) is 5.75 Å². The van der Waals surface area contributed by atoms with E-state index in [0.29, 0.717) is 11.7 Å². The lowest BCUT2D eigenvalue weighted by Gasteiger charge is -2.43. The Labute approximate surface area is 206 Å². The van der Waals surface area contributed by atoms with Crippen LogP contribution in [0.5, 0.6) is 5.75 Å². The van der Waals surface area contributed by atoms with E-state index in [9.17, 15) is 4.79 Å². The molecule has 0 unspecified atom stereocenters. The average molecular weight is 515 g/mol. The van der Waals surface area contributed by atoms with Gasteiger partial charge in [-0.05, 0) is 47.3 Å². The largest absolute Gasteiger partial charge is 0.480 e. The van der Waals surface area contributed by atoms with Gasteiger partial charge >= 0.3 is 5.97 Å². The third kappa shape index (κ3) is 6.70. The molecule has 5 heteroatoms. The first-order valence-corrected chi connectivity index (χ1v) is 12.7. The van der Waals surface area contributed by atoms with Crippen molar-refractivity contribution < 1.29 is 19.4 Å². The summed E-state index contributed by atoms with van der Waals surface area (Å²) >= 11 is 3.55. The number of benzene rings is 2. The van der Waals surface area contributed by atoms with Crippen LogP contribution in [0.3, 0.4) is 0 Å². The summed E-state index contributed by atoms with van der Waals surface area (Å²) in [4.78, 5) is 11.2. The molecule has 0 spiro atoms. The Morgan fingerprint density at radius 3 is 2.58 bits per heavy atom. The smallest absolute Gasteiger partial charge is 0.341 e. The van der Waals surface area contributed by atoms with Crippen LogP contribution in [0, 0.1) is 5.92 Å². The molecule has 2 aromatic carbocycles. The molecule has 4 atom stereocenters. The number of hydrogen-bond donors (Lipinski definition) is 1. The van der Waals surface area contributed by atoms with Crippen LogP contribution < -0.4 is 4.74 Å². The summed E-state index contributed by atoms with van der Waals surface area (Å²) in [6.07, 6.45) is 6.56. The fraction of sp³-hybridized carbons (Fsp3) is 0.464. The molecule has 3 rings (SSSR count). The maximum atomic E-state index is 11.2. The predicted molar refractivity (Wildman–Crippen MR) is 136 cm³/mol. The van der Waals surface area contributed by atoms with Crippen LogP contribution in [0.25, 0.3) is 0 Å². The number of carboxylic acid groups (broad SMARTS) is 1. The third-order valence-electron chi connectivity index (χ3n) is 6.49. The second kappa shape index (κ2) is 12.4. The first-order chi connectivity index (χ1) is 15.9. The molecule has 4 nitrogen and oxygen atoms in total. The number of hydrogen-bond acceptors (Lipinski definition) is 3. The van der Waals surface area contributed by atoms with E-state index >= 15 is 0 Å². The highest BCUT2D eigenvalue weighted by Gasteiger charge is 2.40. The fourth-order valence-corrected chi connectivity index (χ4v) is 5.30. The number of carbonyl (C=O) groups is 1. The van der Waals surface area contributed by atoms with Gasteiger partial charge in [-0.1, -0.05) is 87.2 Å². The van der Waals surface area contributed by atoms with E-state index in [4.69, 9.17) is 14.6 Å². The fourth-order valence-electron chi connectivity index (χ4n) is 4.80. The number of carboxylic acids is 1. The molecule has 1 aliphatic heterocycles. The van der Waals surface area contributed by atoms with Crippen LogP contribution in [0.15, 0.2) is 65.2 Å². The third-order valence-corrected chi connectivity index (χ3v) is 7.11. The Kier molecular flexibility index (Phi) is 9.57. The number of halogens is 1. The zero-order valence-corrected chi connectivity index (χ0v) is 21.2. The Morgan fingerprint density at radius 2 is 1.91 bits per heavy atom. The van der Waals surface area contributed by atoms with E-state index in [-0.39, 0.29) is 18.1 Å². The lowest BCUT2D eigenvalue weighted by molar-refractivity contribution is -0.139. The van der Waals surface area contributed by atoms with Gasteiger partial charge in [0.15, 0.2) is 6.61 Å². The van der Waals surface area contributed by atoms with E-state index in [1.54, 1.807) is 0 Å². The molecule has 1 saturated heterocycles. The van der Waals surface area contributed by atoms with Gasteiger partial charge in [-0.15, -0.1) is 0 Å². The van der Waals surface area contributed by atoms with Crippen LogP contribution in [0.1, 0.15) is 75.5 Å². The van der Waals surface area contributed by atoms with Crippen molar-refractivity contribution in [2.24, 2.45) is 5.92 Å². The van der Waals surface area contributed by atoms with Crippen LogP contribution in [-0.4, -0.2) is 23.8 Å². The standard InChI is InChI=1S/C28H35BrO4/c1-4-5-6-10-16-25-23(20-12-8-7-9-13-20)17-22(19(2)3)27(33-25)21-14-11-15-24(29)28(21)32-18-26(30)31/h7-9,11-15,22-23,25,27H,2,4-6,10,16-18H2,1,3H3,(H,30,31)/t22-,23-,25+,27-/m1/s1. The van der Waals surface area contributed by atoms with Gasteiger partial charge in [0, 0.05) is 17.4 Å². The van der Waals surface area contributed by atoms with Crippen molar-refractivity contribution in [2.75, 3.05) is 6.61 Å². The lowest BCUT2D eigenvalue weighted by Crippen LogP contribution is -2.36. The number of rotatable bonds is 11. The van der Waals surface area contributed by atoms with Gasteiger partial charge in [0.25, 0.3) is 0 Å². The number of unbranched alkanes of at least 4 members (excludes halogenated alkanes) is 3. The number of ether oxygens (including phenoxy) is 2. The number of para-hydroxylation sites is 1. The summed E-state index contributed by atoms with van der Waals surface area (Å²) in [5.74, 6) is -0.0698. The Balaban J connectivity index is 1.95. The summed E-state index contributed by atoms with van der Waals surface area (Å²) in [5.41, 5.74) is 3.25. The Morgan fingerprint density at radius 1 is 1.15 bits per heavy atom. The Bertz CT molecular complexity index is 927. The maximum absolute atomic E-state index is 11.2. The summed E-state index contributed by atoms with van der Waals surface area (Å²) in [5, 5.41) is 9.17. The minimum Gasteiger partial charge on any atom is -0.480 e. The minimum absolute atomic E-state index is 0.0798. The number of aliphatic carboxylic acids is 1. The molecular weight excluding hydrogens is 480 g/mol. The second-order valence-corrected chi connectivity index (χ2v) is 9.85. The van der Waals surface area contributed by atoms with E-state index < -0.39 is 12.6 Å². The molecule has 0 saturated carbocycles. The summed E-state index contributed by atoms with van der Waals surface area (Å²) in [7, 11) is 0. The van der Waals surface area contributed by atoms with Gasteiger partial charge in [-0.2, -0.15) is 0 Å². The van der Waals surface area contributed by atoms with Crippen LogP contribution in [0.2, 0.25) is 0 Å². The quantitative estimate of drug-likeness (QED) is 0.246. The highest BCUT2D eigenvalue weighted by molar-refractivity contribution is 9.10. The monoisotopic (exact) mass is 514 g/mol. The molecule has 1 fully saturated rings. The average Bonchev–Trinajstić information content (AvgIpc) is 2.81.